The lowest BCUT2D eigenvalue weighted by Gasteiger charge is -2.14. The van der Waals surface area contributed by atoms with Gasteiger partial charge in [0.05, 0.1) is 20.8 Å². The molecule has 21 heavy (non-hydrogen) atoms. The lowest BCUT2D eigenvalue weighted by atomic mass is 10.2. The van der Waals surface area contributed by atoms with Crippen molar-refractivity contribution in [1.29, 1.82) is 0 Å². The van der Waals surface area contributed by atoms with Gasteiger partial charge in [-0.25, -0.2) is 18.4 Å². The maximum Gasteiger partial charge on any atom is 0.341 e. The van der Waals surface area contributed by atoms with Gasteiger partial charge in [-0.1, -0.05) is 13.8 Å². The topological polar surface area (TPSA) is 105 Å². The molecule has 0 unspecified atom stereocenters. The van der Waals surface area contributed by atoms with Crippen LogP contribution in [0.5, 0.6) is 11.5 Å². The number of rotatable bonds is 6. The van der Waals surface area contributed by atoms with Crippen molar-refractivity contribution in [2.75, 3.05) is 20.8 Å². The SMILES string of the molecule is COc1cc(OC)c(S(N)(=O)=O)cc1C(=O)OCC(C)C. The predicted molar refractivity (Wildman–Crippen MR) is 76.0 cm³/mol. The van der Waals surface area contributed by atoms with Crippen molar-refractivity contribution in [2.24, 2.45) is 11.1 Å². The second-order valence-corrected chi connectivity index (χ2v) is 6.27. The van der Waals surface area contributed by atoms with E-state index < -0.39 is 16.0 Å². The molecule has 0 aliphatic carbocycles. The van der Waals surface area contributed by atoms with Crippen LogP contribution in [-0.4, -0.2) is 35.2 Å². The van der Waals surface area contributed by atoms with E-state index in [4.69, 9.17) is 19.3 Å². The fourth-order valence-corrected chi connectivity index (χ4v) is 2.28. The smallest absolute Gasteiger partial charge is 0.341 e. The predicted octanol–water partition coefficient (Wildman–Crippen LogP) is 1.16. The van der Waals surface area contributed by atoms with Crippen LogP contribution in [0.25, 0.3) is 0 Å². The average Bonchev–Trinajstić information content (AvgIpc) is 2.42. The Morgan fingerprint density at radius 3 is 2.19 bits per heavy atom. The molecule has 0 radical (unpaired) electrons. The van der Waals surface area contributed by atoms with Crippen LogP contribution in [-0.2, 0) is 14.8 Å². The van der Waals surface area contributed by atoms with Gasteiger partial charge in [0.2, 0.25) is 10.0 Å². The van der Waals surface area contributed by atoms with Crippen LogP contribution >= 0.6 is 0 Å². The molecule has 2 N–H and O–H groups in total. The van der Waals surface area contributed by atoms with Gasteiger partial charge in [0.1, 0.15) is 22.0 Å². The van der Waals surface area contributed by atoms with Crippen LogP contribution in [0.3, 0.4) is 0 Å². The Morgan fingerprint density at radius 1 is 1.19 bits per heavy atom. The summed E-state index contributed by atoms with van der Waals surface area (Å²) in [5.41, 5.74) is -0.0250. The molecule has 0 fully saturated rings. The Hall–Kier alpha value is -1.80. The van der Waals surface area contributed by atoms with E-state index in [2.05, 4.69) is 0 Å². The molecular weight excluding hydrogens is 298 g/mol. The van der Waals surface area contributed by atoms with E-state index >= 15 is 0 Å². The van der Waals surface area contributed by atoms with Crippen LogP contribution < -0.4 is 14.6 Å². The molecule has 0 saturated heterocycles. The number of methoxy groups -OCH3 is 2. The van der Waals surface area contributed by atoms with E-state index in [1.165, 1.54) is 20.3 Å². The maximum absolute atomic E-state index is 12.0. The van der Waals surface area contributed by atoms with Crippen molar-refractivity contribution in [3.8, 4) is 11.5 Å². The van der Waals surface area contributed by atoms with Crippen LogP contribution in [0.2, 0.25) is 0 Å². The van der Waals surface area contributed by atoms with Crippen molar-refractivity contribution >= 4 is 16.0 Å². The number of hydrogen-bond acceptors (Lipinski definition) is 6. The van der Waals surface area contributed by atoms with Gasteiger partial charge in [-0.3, -0.25) is 0 Å². The zero-order valence-electron chi connectivity index (χ0n) is 12.4. The van der Waals surface area contributed by atoms with E-state index in [1.807, 2.05) is 13.8 Å². The number of carbonyl (C=O) groups excluding carboxylic acids is 1. The molecule has 0 saturated carbocycles. The molecule has 0 aliphatic heterocycles. The minimum absolute atomic E-state index is 0.00485. The zero-order valence-corrected chi connectivity index (χ0v) is 13.2. The molecule has 0 aromatic heterocycles. The molecule has 1 aromatic carbocycles. The van der Waals surface area contributed by atoms with Gasteiger partial charge < -0.3 is 14.2 Å². The van der Waals surface area contributed by atoms with Gasteiger partial charge in [-0.2, -0.15) is 0 Å². The summed E-state index contributed by atoms with van der Waals surface area (Å²) >= 11 is 0. The third kappa shape index (κ3) is 4.33. The van der Waals surface area contributed by atoms with Crippen molar-refractivity contribution in [2.45, 2.75) is 18.7 Å². The Bertz CT molecular complexity index is 624. The van der Waals surface area contributed by atoms with Crippen LogP contribution in [0, 0.1) is 5.92 Å². The van der Waals surface area contributed by atoms with Crippen molar-refractivity contribution in [3.63, 3.8) is 0 Å². The summed E-state index contributed by atoms with van der Waals surface area (Å²) < 4.78 is 38.2. The van der Waals surface area contributed by atoms with E-state index in [-0.39, 0.29) is 34.5 Å². The van der Waals surface area contributed by atoms with Crippen LogP contribution in [0.1, 0.15) is 24.2 Å². The van der Waals surface area contributed by atoms with Gasteiger partial charge in [-0.15, -0.1) is 0 Å². The lowest BCUT2D eigenvalue weighted by molar-refractivity contribution is 0.0455. The molecule has 0 heterocycles. The van der Waals surface area contributed by atoms with E-state index in [1.54, 1.807) is 0 Å². The highest BCUT2D eigenvalue weighted by Gasteiger charge is 2.23. The third-order valence-electron chi connectivity index (χ3n) is 2.56. The first-order valence-corrected chi connectivity index (χ1v) is 7.71. The number of carbonyl (C=O) groups is 1. The summed E-state index contributed by atoms with van der Waals surface area (Å²) in [7, 11) is -1.40. The summed E-state index contributed by atoms with van der Waals surface area (Å²) in [5, 5.41) is 5.12. The molecule has 0 spiro atoms. The second kappa shape index (κ2) is 6.77. The molecule has 1 rings (SSSR count). The minimum Gasteiger partial charge on any atom is -0.496 e. The standard InChI is InChI=1S/C13H19NO6S/c1-8(2)7-20-13(15)9-5-12(21(14,16)17)11(19-4)6-10(9)18-3/h5-6,8H,7H2,1-4H3,(H2,14,16,17). The molecule has 0 atom stereocenters. The fourth-order valence-electron chi connectivity index (χ4n) is 1.57. The van der Waals surface area contributed by atoms with E-state index in [9.17, 15) is 13.2 Å². The summed E-state index contributed by atoms with van der Waals surface area (Å²) in [6.07, 6.45) is 0. The first-order chi connectivity index (χ1) is 9.70. The molecule has 8 heteroatoms. The molecule has 7 nitrogen and oxygen atoms in total. The first kappa shape index (κ1) is 17.3. The maximum atomic E-state index is 12.0. The number of sulfonamides is 1. The Kier molecular flexibility index (Phi) is 5.56. The zero-order chi connectivity index (χ0) is 16.2. The van der Waals surface area contributed by atoms with Gasteiger partial charge in [0, 0.05) is 6.07 Å². The van der Waals surface area contributed by atoms with E-state index in [0.717, 1.165) is 6.07 Å². The van der Waals surface area contributed by atoms with Crippen molar-refractivity contribution in [3.05, 3.63) is 17.7 Å². The van der Waals surface area contributed by atoms with Crippen LogP contribution in [0.4, 0.5) is 0 Å². The number of esters is 1. The molecule has 118 valence electrons. The van der Waals surface area contributed by atoms with Crippen LogP contribution in [0.15, 0.2) is 17.0 Å². The van der Waals surface area contributed by atoms with Gasteiger partial charge in [0.15, 0.2) is 0 Å². The summed E-state index contributed by atoms with van der Waals surface area (Å²) in [6.45, 7) is 3.97. The second-order valence-electron chi connectivity index (χ2n) is 4.74. The van der Waals surface area contributed by atoms with Crippen molar-refractivity contribution < 1.29 is 27.4 Å². The monoisotopic (exact) mass is 317 g/mol. The van der Waals surface area contributed by atoms with Gasteiger partial charge in [0.25, 0.3) is 0 Å². The molecule has 0 bridgehead atoms. The third-order valence-corrected chi connectivity index (χ3v) is 3.49. The van der Waals surface area contributed by atoms with E-state index in [0.29, 0.717) is 0 Å². The fraction of sp³-hybridized carbons (Fsp3) is 0.462. The largest absolute Gasteiger partial charge is 0.496 e. The Morgan fingerprint density at radius 2 is 1.76 bits per heavy atom. The summed E-state index contributed by atoms with van der Waals surface area (Å²) in [5.74, 6) is -0.397. The molecule has 1 aromatic rings. The Balaban J connectivity index is 3.34. The number of ether oxygens (including phenoxy) is 3. The minimum atomic E-state index is -4.05. The number of hydrogen-bond donors (Lipinski definition) is 1. The van der Waals surface area contributed by atoms with Gasteiger partial charge >= 0.3 is 5.97 Å². The molecule has 0 aliphatic rings. The highest BCUT2D eigenvalue weighted by Crippen LogP contribution is 2.32. The normalized spacial score (nSPS) is 11.3. The highest BCUT2D eigenvalue weighted by molar-refractivity contribution is 7.89. The number of nitrogens with two attached hydrogens (primary N) is 1. The number of benzene rings is 1. The quantitative estimate of drug-likeness (QED) is 0.789. The lowest BCUT2D eigenvalue weighted by Crippen LogP contribution is -2.16. The average molecular weight is 317 g/mol. The van der Waals surface area contributed by atoms with Crippen molar-refractivity contribution in [1.82, 2.24) is 0 Å². The summed E-state index contributed by atoms with van der Waals surface area (Å²) in [4.78, 5) is 11.7. The first-order valence-electron chi connectivity index (χ1n) is 6.16. The van der Waals surface area contributed by atoms with Gasteiger partial charge in [-0.05, 0) is 12.0 Å². The Labute approximate surface area is 124 Å². The number of primary sulfonamides is 1. The summed E-state index contributed by atoms with van der Waals surface area (Å²) in [6, 6.07) is 2.38. The molecular formula is C13H19NO6S. The highest BCUT2D eigenvalue weighted by atomic mass is 32.2. The molecule has 0 amide bonds.